The van der Waals surface area contributed by atoms with Crippen LogP contribution in [0.25, 0.3) is 17.1 Å². The number of hydrogen-bond acceptors (Lipinski definition) is 6. The van der Waals surface area contributed by atoms with Crippen LogP contribution in [-0.2, 0) is 9.47 Å². The van der Waals surface area contributed by atoms with Gasteiger partial charge in [0.05, 0.1) is 19.8 Å². The van der Waals surface area contributed by atoms with E-state index in [1.807, 2.05) is 64.6 Å². The quantitative estimate of drug-likeness (QED) is 0.223. The van der Waals surface area contributed by atoms with Gasteiger partial charge in [0.1, 0.15) is 17.2 Å². The highest BCUT2D eigenvalue weighted by atomic mass is 35.6. The molecule has 158 valence electrons. The van der Waals surface area contributed by atoms with Gasteiger partial charge in [-0.15, -0.1) is 3.96 Å². The van der Waals surface area contributed by atoms with E-state index in [-0.39, 0.29) is 6.08 Å². The number of para-hydroxylation sites is 1. The summed E-state index contributed by atoms with van der Waals surface area (Å²) < 4.78 is 10.4. The summed E-state index contributed by atoms with van der Waals surface area (Å²) in [5.74, 6) is 0.763. The number of alkyl halides is 3. The number of anilines is 1. The molecule has 0 radical (unpaired) electrons. The molecule has 6 nitrogen and oxygen atoms in total. The summed E-state index contributed by atoms with van der Waals surface area (Å²) >= 11 is 20.1. The minimum absolute atomic E-state index is 0.00560. The molecule has 10 heteroatoms. The van der Waals surface area contributed by atoms with Crippen LogP contribution in [0.4, 0.5) is 5.13 Å². The second-order valence-corrected chi connectivity index (χ2v) is 9.42. The maximum absolute atomic E-state index is 6.22. The summed E-state index contributed by atoms with van der Waals surface area (Å²) in [4.78, 5) is 10.8. The lowest BCUT2D eigenvalue weighted by molar-refractivity contribution is -0.509. The summed E-state index contributed by atoms with van der Waals surface area (Å²) in [6.45, 7) is 0. The van der Waals surface area contributed by atoms with Crippen molar-refractivity contribution in [2.75, 3.05) is 26.2 Å². The molecule has 0 fully saturated rings. The van der Waals surface area contributed by atoms with Crippen molar-refractivity contribution in [3.8, 4) is 17.1 Å². The zero-order valence-corrected chi connectivity index (χ0v) is 19.6. The second-order valence-electron chi connectivity index (χ2n) is 6.13. The monoisotopic (exact) mass is 485 g/mol. The number of rotatable bonds is 5. The molecular weight excluding hydrogens is 467 g/mol. The summed E-state index contributed by atoms with van der Waals surface area (Å²) in [5, 5.41) is 0.601. The van der Waals surface area contributed by atoms with Crippen molar-refractivity contribution in [1.82, 2.24) is 4.98 Å². The maximum atomic E-state index is 6.22. The molecule has 0 bridgehead atoms. The SMILES string of the molecule is COC(=N[C@H](N(C)c1nc(-c2ccccc2)[n+](-c2ccccc2)s1)C(Cl)(Cl)Cl)OC. The molecule has 0 amide bonds. The Hall–Kier alpha value is -2.06. The first-order valence-corrected chi connectivity index (χ1v) is 10.8. The van der Waals surface area contributed by atoms with Crippen molar-refractivity contribution in [2.24, 2.45) is 4.99 Å². The number of methoxy groups -OCH3 is 2. The number of halogens is 3. The molecule has 0 unspecified atom stereocenters. The van der Waals surface area contributed by atoms with Gasteiger partial charge in [-0.25, -0.2) is 0 Å². The summed E-state index contributed by atoms with van der Waals surface area (Å²) in [6.07, 6.45) is -0.939. The molecule has 0 N–H and O–H groups in total. The van der Waals surface area contributed by atoms with Gasteiger partial charge in [0, 0.05) is 7.05 Å². The lowest BCUT2D eigenvalue weighted by atomic mass is 10.2. The fourth-order valence-corrected chi connectivity index (χ4v) is 4.27. The predicted molar refractivity (Wildman–Crippen MR) is 123 cm³/mol. The first-order chi connectivity index (χ1) is 14.3. The highest BCUT2D eigenvalue weighted by molar-refractivity contribution is 7.06. The van der Waals surface area contributed by atoms with Crippen LogP contribution in [0, 0.1) is 0 Å². The van der Waals surface area contributed by atoms with Crippen molar-refractivity contribution < 1.29 is 13.4 Å². The van der Waals surface area contributed by atoms with Crippen molar-refractivity contribution in [1.29, 1.82) is 0 Å². The van der Waals surface area contributed by atoms with E-state index in [4.69, 9.17) is 49.3 Å². The molecule has 0 aliphatic carbocycles. The van der Waals surface area contributed by atoms with E-state index in [2.05, 4.69) is 4.99 Å². The number of benzene rings is 2. The van der Waals surface area contributed by atoms with E-state index in [0.717, 1.165) is 17.1 Å². The Morgan fingerprint density at radius 1 is 1.03 bits per heavy atom. The van der Waals surface area contributed by atoms with Crippen LogP contribution in [0.3, 0.4) is 0 Å². The van der Waals surface area contributed by atoms with Crippen LogP contribution in [0.5, 0.6) is 0 Å². The third-order valence-corrected chi connectivity index (χ3v) is 5.82. The minimum Gasteiger partial charge on any atom is -0.454 e. The number of aliphatic imine (C=N–C) groups is 1. The van der Waals surface area contributed by atoms with E-state index in [9.17, 15) is 0 Å². The van der Waals surface area contributed by atoms with Gasteiger partial charge < -0.3 is 14.4 Å². The summed E-state index contributed by atoms with van der Waals surface area (Å²) in [5.41, 5.74) is 1.93. The van der Waals surface area contributed by atoms with Gasteiger partial charge in [0.2, 0.25) is 3.79 Å². The molecule has 2 aromatic carbocycles. The third kappa shape index (κ3) is 5.16. The Morgan fingerprint density at radius 3 is 2.13 bits per heavy atom. The van der Waals surface area contributed by atoms with Gasteiger partial charge in [-0.05, 0) is 29.2 Å². The zero-order valence-electron chi connectivity index (χ0n) is 16.5. The second kappa shape index (κ2) is 9.83. The number of ether oxygens (including phenoxy) is 2. The van der Waals surface area contributed by atoms with Gasteiger partial charge in [-0.3, -0.25) is 0 Å². The average molecular weight is 487 g/mol. The smallest absolute Gasteiger partial charge is 0.385 e. The van der Waals surface area contributed by atoms with Crippen molar-refractivity contribution in [3.63, 3.8) is 0 Å². The highest BCUT2D eigenvalue weighted by Crippen LogP contribution is 2.37. The van der Waals surface area contributed by atoms with Crippen LogP contribution in [0.2, 0.25) is 0 Å². The molecule has 0 saturated heterocycles. The van der Waals surface area contributed by atoms with E-state index in [1.54, 1.807) is 11.9 Å². The van der Waals surface area contributed by atoms with E-state index in [0.29, 0.717) is 5.13 Å². The van der Waals surface area contributed by atoms with Gasteiger partial charge in [-0.2, -0.15) is 4.99 Å². The molecule has 3 rings (SSSR count). The number of aromatic nitrogens is 2. The molecule has 0 aliphatic rings. The van der Waals surface area contributed by atoms with Crippen LogP contribution in [-0.4, -0.2) is 42.3 Å². The maximum Gasteiger partial charge on any atom is 0.385 e. The molecule has 1 atom stereocenters. The van der Waals surface area contributed by atoms with Gasteiger partial charge in [-0.1, -0.05) is 71.2 Å². The highest BCUT2D eigenvalue weighted by Gasteiger charge is 2.41. The third-order valence-electron chi connectivity index (χ3n) is 4.13. The zero-order chi connectivity index (χ0) is 21.7. The van der Waals surface area contributed by atoms with Crippen LogP contribution in [0.1, 0.15) is 0 Å². The fourth-order valence-electron chi connectivity index (χ4n) is 2.70. The first kappa shape index (κ1) is 22.6. The average Bonchev–Trinajstić information content (AvgIpc) is 3.20. The molecule has 1 aromatic heterocycles. The Morgan fingerprint density at radius 2 is 1.60 bits per heavy atom. The van der Waals surface area contributed by atoms with Crippen LogP contribution in [0.15, 0.2) is 65.7 Å². The molecule has 0 aliphatic heterocycles. The van der Waals surface area contributed by atoms with E-state index in [1.165, 1.54) is 25.8 Å². The van der Waals surface area contributed by atoms with Crippen LogP contribution < -0.4 is 8.86 Å². The molecule has 0 saturated carbocycles. The normalized spacial score (nSPS) is 12.2. The lowest BCUT2D eigenvalue weighted by Crippen LogP contribution is -2.41. The largest absolute Gasteiger partial charge is 0.454 e. The lowest BCUT2D eigenvalue weighted by Gasteiger charge is -2.27. The van der Waals surface area contributed by atoms with Gasteiger partial charge in [0.25, 0.3) is 0 Å². The number of nitrogens with zero attached hydrogens (tertiary/aromatic N) is 4. The van der Waals surface area contributed by atoms with Crippen LogP contribution >= 0.6 is 46.3 Å². The summed E-state index contributed by atoms with van der Waals surface area (Å²) in [6, 6.07) is 19.8. The topological polar surface area (TPSA) is 50.8 Å². The molecule has 1 heterocycles. The molecule has 3 aromatic rings. The molecule has 30 heavy (non-hydrogen) atoms. The van der Waals surface area contributed by atoms with Crippen molar-refractivity contribution in [2.45, 2.75) is 9.96 Å². The van der Waals surface area contributed by atoms with Gasteiger partial charge in [0.15, 0.2) is 6.17 Å². The van der Waals surface area contributed by atoms with Gasteiger partial charge >= 0.3 is 17.0 Å². The van der Waals surface area contributed by atoms with E-state index >= 15 is 0 Å². The fraction of sp³-hybridized carbons (Fsp3) is 0.250. The standard InChI is InChI=1S/C20H20Cl3N4O2S/c1-26(17(20(21,22)23)25-19(28-2)29-3)18-24-16(14-10-6-4-7-11-14)27(30-18)15-12-8-5-9-13-15/h4-13,17H,1-3H3/q+1/t17-/m1/s1. The minimum atomic E-state index is -1.76. The Kier molecular flexibility index (Phi) is 7.41. The Labute approximate surface area is 194 Å². The number of hydrogen-bond donors (Lipinski definition) is 0. The Balaban J connectivity index is 2.11. The molecular formula is C20H20Cl3N4O2S+. The Bertz CT molecular complexity index is 931. The molecule has 0 spiro atoms. The first-order valence-electron chi connectivity index (χ1n) is 8.84. The predicted octanol–water partition coefficient (Wildman–Crippen LogP) is 4.87. The van der Waals surface area contributed by atoms with Crippen molar-refractivity contribution in [3.05, 3.63) is 60.7 Å². The van der Waals surface area contributed by atoms with Crippen molar-refractivity contribution >= 4 is 57.6 Å². The summed E-state index contributed by atoms with van der Waals surface area (Å²) in [7, 11) is 4.61. The van der Waals surface area contributed by atoms with E-state index < -0.39 is 9.96 Å².